The van der Waals surface area contributed by atoms with E-state index in [-0.39, 0.29) is 24.0 Å². The Balaban J connectivity index is 0.00000341. The Labute approximate surface area is 205 Å². The summed E-state index contributed by atoms with van der Waals surface area (Å²) in [4.78, 5) is 9.37. The maximum atomic E-state index is 4.45. The summed E-state index contributed by atoms with van der Waals surface area (Å²) in [6, 6.07) is 22.3. The topological polar surface area (TPSA) is 42.9 Å². The Kier molecular flexibility index (Phi) is 11.3. The van der Waals surface area contributed by atoms with Crippen LogP contribution < -0.4 is 10.6 Å². The number of aliphatic imine (C=N–C) groups is 1. The summed E-state index contributed by atoms with van der Waals surface area (Å²) >= 11 is 0. The molecule has 2 N–H and O–H groups in total. The lowest BCUT2D eigenvalue weighted by Gasteiger charge is -2.33. The highest BCUT2D eigenvalue weighted by molar-refractivity contribution is 14.0. The molecular formula is C25H38IN5. The molecule has 0 amide bonds. The number of guanidine groups is 1. The van der Waals surface area contributed by atoms with E-state index in [0.29, 0.717) is 12.1 Å². The lowest BCUT2D eigenvalue weighted by molar-refractivity contribution is 0.198. The van der Waals surface area contributed by atoms with E-state index in [4.69, 9.17) is 0 Å². The minimum atomic E-state index is 0. The van der Waals surface area contributed by atoms with Crippen LogP contribution >= 0.6 is 24.0 Å². The summed E-state index contributed by atoms with van der Waals surface area (Å²) in [7, 11) is 4.04. The van der Waals surface area contributed by atoms with E-state index in [0.717, 1.165) is 51.5 Å². The van der Waals surface area contributed by atoms with Crippen molar-refractivity contribution in [1.29, 1.82) is 0 Å². The van der Waals surface area contributed by atoms with Crippen molar-refractivity contribution in [1.82, 2.24) is 20.4 Å². The molecule has 1 heterocycles. The van der Waals surface area contributed by atoms with Gasteiger partial charge in [0, 0.05) is 51.9 Å². The fraction of sp³-hybridized carbons (Fsp3) is 0.480. The van der Waals surface area contributed by atoms with E-state index in [1.807, 2.05) is 7.05 Å². The number of benzene rings is 2. The first kappa shape index (κ1) is 25.6. The second kappa shape index (κ2) is 13.7. The molecule has 0 aliphatic carbocycles. The number of likely N-dealkylation sites (tertiary alicyclic amines) is 1. The van der Waals surface area contributed by atoms with E-state index in [9.17, 15) is 0 Å². The number of nitrogens with zero attached hydrogens (tertiary/aromatic N) is 3. The zero-order valence-corrected chi connectivity index (χ0v) is 21.5. The molecule has 1 aliphatic heterocycles. The maximum absolute atomic E-state index is 4.45. The predicted molar refractivity (Wildman–Crippen MR) is 142 cm³/mol. The van der Waals surface area contributed by atoms with Crippen molar-refractivity contribution in [3.05, 3.63) is 71.8 Å². The minimum absolute atomic E-state index is 0. The monoisotopic (exact) mass is 535 g/mol. The zero-order chi connectivity index (χ0) is 21.2. The average molecular weight is 536 g/mol. The van der Waals surface area contributed by atoms with Crippen LogP contribution in [0.1, 0.15) is 30.9 Å². The third-order valence-corrected chi connectivity index (χ3v) is 5.99. The number of hydrogen-bond acceptors (Lipinski definition) is 3. The van der Waals surface area contributed by atoms with Gasteiger partial charge in [-0.2, -0.15) is 0 Å². The molecule has 6 heteroatoms. The van der Waals surface area contributed by atoms with Crippen LogP contribution in [0.2, 0.25) is 0 Å². The van der Waals surface area contributed by atoms with Crippen molar-refractivity contribution in [2.75, 3.05) is 33.7 Å². The molecule has 0 spiro atoms. The van der Waals surface area contributed by atoms with Crippen LogP contribution in [0, 0.1) is 0 Å². The first-order valence-corrected chi connectivity index (χ1v) is 11.1. The molecule has 1 fully saturated rings. The number of nitrogens with one attached hydrogen (secondary N) is 2. The van der Waals surface area contributed by atoms with Crippen LogP contribution in [0.25, 0.3) is 0 Å². The van der Waals surface area contributed by atoms with Gasteiger partial charge in [0.25, 0.3) is 0 Å². The molecule has 1 aliphatic rings. The first-order valence-electron chi connectivity index (χ1n) is 11.1. The van der Waals surface area contributed by atoms with Crippen molar-refractivity contribution < 1.29 is 0 Å². The van der Waals surface area contributed by atoms with Gasteiger partial charge < -0.3 is 10.6 Å². The first-order chi connectivity index (χ1) is 14.6. The normalized spacial score (nSPS) is 16.6. The Hall–Kier alpha value is -1.64. The predicted octanol–water partition coefficient (Wildman–Crippen LogP) is 3.95. The molecule has 31 heavy (non-hydrogen) atoms. The van der Waals surface area contributed by atoms with Crippen molar-refractivity contribution in [3.8, 4) is 0 Å². The van der Waals surface area contributed by atoms with Crippen LogP contribution in [0.4, 0.5) is 0 Å². The average Bonchev–Trinajstić information content (AvgIpc) is 2.79. The smallest absolute Gasteiger partial charge is 0.191 e. The van der Waals surface area contributed by atoms with Gasteiger partial charge >= 0.3 is 0 Å². The Bertz CT molecular complexity index is 760. The molecule has 0 saturated carbocycles. The van der Waals surface area contributed by atoms with Crippen molar-refractivity contribution in [3.63, 3.8) is 0 Å². The van der Waals surface area contributed by atoms with Gasteiger partial charge in [-0.1, -0.05) is 60.7 Å². The molecule has 0 bridgehead atoms. The van der Waals surface area contributed by atoms with Crippen LogP contribution in [0.3, 0.4) is 0 Å². The van der Waals surface area contributed by atoms with Gasteiger partial charge in [-0.3, -0.25) is 14.8 Å². The standard InChI is InChI=1S/C25H37N5.HI/c1-21(29(3)19-22-10-6-4-7-11-22)18-27-25(26-2)28-24-14-16-30(17-15-24)20-23-12-8-5-9-13-23;/h4-13,21,24H,14-20H2,1-3H3,(H2,26,27,28);1H. The summed E-state index contributed by atoms with van der Waals surface area (Å²) in [5.74, 6) is 0.913. The minimum Gasteiger partial charge on any atom is -0.355 e. The molecule has 5 nitrogen and oxygen atoms in total. The molecule has 1 atom stereocenters. The lowest BCUT2D eigenvalue weighted by Crippen LogP contribution is -2.50. The summed E-state index contributed by atoms with van der Waals surface area (Å²) in [6.45, 7) is 7.38. The zero-order valence-electron chi connectivity index (χ0n) is 19.1. The second-order valence-corrected chi connectivity index (χ2v) is 8.38. The molecule has 170 valence electrons. The van der Waals surface area contributed by atoms with Crippen molar-refractivity contribution in [2.45, 2.75) is 44.9 Å². The number of likely N-dealkylation sites (N-methyl/N-ethyl adjacent to an activating group) is 1. The summed E-state index contributed by atoms with van der Waals surface area (Å²) in [5, 5.41) is 7.15. The van der Waals surface area contributed by atoms with Crippen LogP contribution in [0.5, 0.6) is 0 Å². The molecule has 1 unspecified atom stereocenters. The quantitative estimate of drug-likeness (QED) is 0.305. The largest absolute Gasteiger partial charge is 0.355 e. The van der Waals surface area contributed by atoms with Crippen LogP contribution in [0.15, 0.2) is 65.7 Å². The van der Waals surface area contributed by atoms with Gasteiger partial charge in [0.05, 0.1) is 0 Å². The van der Waals surface area contributed by atoms with Crippen LogP contribution in [-0.2, 0) is 13.1 Å². The summed E-state index contributed by atoms with van der Waals surface area (Å²) in [5.41, 5.74) is 2.74. The molecule has 0 radical (unpaired) electrons. The molecule has 2 aromatic rings. The van der Waals surface area contributed by atoms with Gasteiger partial charge in [-0.15, -0.1) is 24.0 Å². The van der Waals surface area contributed by atoms with Crippen molar-refractivity contribution >= 4 is 29.9 Å². The number of halogens is 1. The number of piperidine rings is 1. The van der Waals surface area contributed by atoms with Gasteiger partial charge in [-0.05, 0) is 37.9 Å². The van der Waals surface area contributed by atoms with E-state index < -0.39 is 0 Å². The Morgan fingerprint density at radius 2 is 1.61 bits per heavy atom. The molecule has 2 aromatic carbocycles. The molecule has 0 aromatic heterocycles. The van der Waals surface area contributed by atoms with Gasteiger partial charge in [0.15, 0.2) is 5.96 Å². The molecule has 1 saturated heterocycles. The molecule has 3 rings (SSSR count). The van der Waals surface area contributed by atoms with Crippen LogP contribution in [-0.4, -0.2) is 61.6 Å². The Morgan fingerprint density at radius 3 is 2.19 bits per heavy atom. The van der Waals surface area contributed by atoms with E-state index >= 15 is 0 Å². The maximum Gasteiger partial charge on any atom is 0.191 e. The third-order valence-electron chi connectivity index (χ3n) is 5.99. The lowest BCUT2D eigenvalue weighted by atomic mass is 10.0. The van der Waals surface area contributed by atoms with Gasteiger partial charge in [-0.25, -0.2) is 0 Å². The fourth-order valence-electron chi connectivity index (χ4n) is 3.89. The van der Waals surface area contributed by atoms with E-state index in [1.165, 1.54) is 11.1 Å². The van der Waals surface area contributed by atoms with E-state index in [1.54, 1.807) is 0 Å². The SMILES string of the molecule is CN=C(NCC(C)N(C)Cc1ccccc1)NC1CCN(Cc2ccccc2)CC1.I. The highest BCUT2D eigenvalue weighted by Crippen LogP contribution is 2.14. The fourth-order valence-corrected chi connectivity index (χ4v) is 3.89. The number of hydrogen-bond donors (Lipinski definition) is 2. The van der Waals surface area contributed by atoms with Gasteiger partial charge in [0.1, 0.15) is 0 Å². The highest BCUT2D eigenvalue weighted by Gasteiger charge is 2.20. The highest BCUT2D eigenvalue weighted by atomic mass is 127. The molecular weight excluding hydrogens is 497 g/mol. The number of rotatable bonds is 8. The summed E-state index contributed by atoms with van der Waals surface area (Å²) in [6.07, 6.45) is 2.30. The van der Waals surface area contributed by atoms with Gasteiger partial charge in [0.2, 0.25) is 0 Å². The second-order valence-electron chi connectivity index (χ2n) is 8.38. The Morgan fingerprint density at radius 1 is 1.03 bits per heavy atom. The van der Waals surface area contributed by atoms with Crippen molar-refractivity contribution in [2.24, 2.45) is 4.99 Å². The third kappa shape index (κ3) is 8.79. The summed E-state index contributed by atoms with van der Waals surface area (Å²) < 4.78 is 0. The van der Waals surface area contributed by atoms with E-state index in [2.05, 4.69) is 100 Å².